The normalized spacial score (nSPS) is 18.9. The molecule has 0 saturated heterocycles. The summed E-state index contributed by atoms with van der Waals surface area (Å²) in [6, 6.07) is 0. The lowest BCUT2D eigenvalue weighted by molar-refractivity contribution is -0.0131. The Balaban J connectivity index is 4.33. The fraction of sp³-hybridized carbons (Fsp3) is 1.00. The van der Waals surface area contributed by atoms with E-state index in [1.165, 1.54) is 0 Å². The third-order valence-electron chi connectivity index (χ3n) is 2.71. The Hall–Kier alpha value is 0.177. The molecule has 10 heavy (non-hydrogen) atoms. The van der Waals surface area contributed by atoms with Crippen LogP contribution in [0.3, 0.4) is 0 Å². The average molecular weight is 160 g/mol. The van der Waals surface area contributed by atoms with Crippen LogP contribution < -0.4 is 0 Å². The molecule has 0 aromatic rings. The van der Waals surface area contributed by atoms with Gasteiger partial charge in [-0.1, -0.05) is 27.7 Å². The fourth-order valence-corrected chi connectivity index (χ4v) is 1.88. The summed E-state index contributed by atoms with van der Waals surface area (Å²) in [5, 5.41) is 0. The minimum Gasteiger partial charge on any atom is -0.422 e. The maximum atomic E-state index is 5.59. The predicted molar refractivity (Wildman–Crippen MR) is 49.2 cm³/mol. The van der Waals surface area contributed by atoms with E-state index < -0.39 is 0 Å². The molecule has 0 aromatic carbocycles. The molecule has 1 atom stereocenters. The summed E-state index contributed by atoms with van der Waals surface area (Å²) in [5.41, 5.74) is 0.350. The van der Waals surface area contributed by atoms with E-state index in [9.17, 15) is 0 Å². The predicted octanol–water partition coefficient (Wildman–Crippen LogP) is 1.50. The third kappa shape index (κ3) is 1.83. The van der Waals surface area contributed by atoms with E-state index in [4.69, 9.17) is 4.43 Å². The van der Waals surface area contributed by atoms with Gasteiger partial charge in [-0.3, -0.25) is 0 Å². The zero-order valence-electron chi connectivity index (χ0n) is 8.12. The zero-order valence-corrected chi connectivity index (χ0v) is 10.1. The molecule has 0 aliphatic heterocycles. The lowest BCUT2D eigenvalue weighted by atomic mass is 9.76. The molecule has 0 fully saturated rings. The van der Waals surface area contributed by atoms with Gasteiger partial charge in [0.05, 0.1) is 5.60 Å². The van der Waals surface area contributed by atoms with Crippen LogP contribution in [0.2, 0.25) is 0 Å². The van der Waals surface area contributed by atoms with Crippen LogP contribution in [-0.2, 0) is 4.43 Å². The molecule has 0 aromatic heterocycles. The van der Waals surface area contributed by atoms with Crippen molar-refractivity contribution in [3.63, 3.8) is 0 Å². The van der Waals surface area contributed by atoms with Crippen LogP contribution in [0.1, 0.15) is 41.0 Å². The van der Waals surface area contributed by atoms with Gasteiger partial charge in [0.15, 0.2) is 0 Å². The monoisotopic (exact) mass is 160 g/mol. The van der Waals surface area contributed by atoms with Crippen molar-refractivity contribution in [1.29, 1.82) is 0 Å². The van der Waals surface area contributed by atoms with Crippen LogP contribution in [0.15, 0.2) is 0 Å². The van der Waals surface area contributed by atoms with Gasteiger partial charge in [-0.2, -0.15) is 0 Å². The van der Waals surface area contributed by atoms with Crippen molar-refractivity contribution in [2.24, 2.45) is 5.41 Å². The summed E-state index contributed by atoms with van der Waals surface area (Å²) in [6.45, 7) is 11.1. The largest absolute Gasteiger partial charge is 0.422 e. The quantitative estimate of drug-likeness (QED) is 0.556. The molecule has 0 bridgehead atoms. The summed E-state index contributed by atoms with van der Waals surface area (Å²) >= 11 is 0. The molecule has 0 unspecified atom stereocenters. The molecule has 62 valence electrons. The van der Waals surface area contributed by atoms with Gasteiger partial charge in [-0.25, -0.2) is 0 Å². The maximum absolute atomic E-state index is 5.59. The highest BCUT2D eigenvalue weighted by molar-refractivity contribution is 5.98. The van der Waals surface area contributed by atoms with E-state index in [1.807, 2.05) is 0 Å². The number of rotatable bonds is 2. The second-order valence-corrected chi connectivity index (χ2v) is 4.45. The summed E-state index contributed by atoms with van der Waals surface area (Å²) < 4.78 is 5.59. The van der Waals surface area contributed by atoms with Gasteiger partial charge in [-0.05, 0) is 18.8 Å². The molecule has 0 saturated carbocycles. The first-order valence-electron chi connectivity index (χ1n) is 3.92. The fourth-order valence-electron chi connectivity index (χ4n) is 0.981. The van der Waals surface area contributed by atoms with Crippen molar-refractivity contribution in [3.05, 3.63) is 0 Å². The second-order valence-electron chi connectivity index (χ2n) is 4.04. The Kier molecular flexibility index (Phi) is 3.11. The summed E-state index contributed by atoms with van der Waals surface area (Å²) in [4.78, 5) is 0. The molecule has 1 nitrogen and oxygen atoms in total. The van der Waals surface area contributed by atoms with Gasteiger partial charge >= 0.3 is 0 Å². The molecule has 0 amide bonds. The molecular weight excluding hydrogens is 140 g/mol. The van der Waals surface area contributed by atoms with Crippen LogP contribution in [0.4, 0.5) is 0 Å². The van der Waals surface area contributed by atoms with E-state index >= 15 is 0 Å². The molecule has 0 rings (SSSR count). The topological polar surface area (TPSA) is 9.23 Å². The number of hydrogen-bond donors (Lipinski definition) is 0. The first kappa shape index (κ1) is 10.2. The Morgan fingerprint density at radius 2 is 1.60 bits per heavy atom. The van der Waals surface area contributed by atoms with E-state index in [2.05, 4.69) is 34.6 Å². The molecule has 0 N–H and O–H groups in total. The van der Waals surface area contributed by atoms with Crippen LogP contribution >= 0.6 is 0 Å². The Morgan fingerprint density at radius 3 is 1.60 bits per heavy atom. The van der Waals surface area contributed by atoms with Gasteiger partial charge in [0.25, 0.3) is 0 Å². The van der Waals surface area contributed by atoms with E-state index in [-0.39, 0.29) is 11.0 Å². The van der Waals surface area contributed by atoms with Crippen molar-refractivity contribution in [1.82, 2.24) is 0 Å². The number of hydrogen-bond acceptors (Lipinski definition) is 1. The summed E-state index contributed by atoms with van der Waals surface area (Å²) in [5.74, 6) is 0. The molecule has 0 heterocycles. The standard InChI is InChI=1S/C8H20OSi/c1-6-8(5,9-10)7(2,3)4/h6H2,1-5,10H3/t8-/m1/s1. The SMILES string of the molecule is CC[C@@](C)(O[SiH3])C(C)(C)C. The van der Waals surface area contributed by atoms with Crippen molar-refractivity contribution in [2.45, 2.75) is 46.6 Å². The molecular formula is C8H20OSi. The molecule has 2 heteroatoms. The van der Waals surface area contributed by atoms with E-state index in [1.54, 1.807) is 0 Å². The van der Waals surface area contributed by atoms with Crippen molar-refractivity contribution < 1.29 is 4.43 Å². The highest BCUT2D eigenvalue weighted by Gasteiger charge is 2.34. The minimum absolute atomic E-state index is 0.0826. The van der Waals surface area contributed by atoms with Crippen molar-refractivity contribution in [3.8, 4) is 0 Å². The van der Waals surface area contributed by atoms with Gasteiger partial charge in [0, 0.05) is 0 Å². The summed E-state index contributed by atoms with van der Waals surface area (Å²) in [6.07, 6.45) is 1.10. The zero-order chi connectivity index (χ0) is 8.41. The molecule has 0 spiro atoms. The van der Waals surface area contributed by atoms with E-state index in [0.717, 1.165) is 16.9 Å². The van der Waals surface area contributed by atoms with Crippen molar-refractivity contribution >= 4 is 10.5 Å². The lowest BCUT2D eigenvalue weighted by Gasteiger charge is -2.40. The first-order valence-corrected chi connectivity index (χ1v) is 4.74. The smallest absolute Gasteiger partial charge is 0.146 e. The van der Waals surface area contributed by atoms with Gasteiger partial charge in [0.2, 0.25) is 0 Å². The van der Waals surface area contributed by atoms with Crippen LogP contribution in [0.25, 0.3) is 0 Å². The van der Waals surface area contributed by atoms with Crippen LogP contribution in [-0.4, -0.2) is 16.1 Å². The molecule has 0 aliphatic rings. The highest BCUT2D eigenvalue weighted by Crippen LogP contribution is 2.35. The third-order valence-corrected chi connectivity index (χ3v) is 3.61. The average Bonchev–Trinajstić information content (AvgIpc) is 1.84. The first-order chi connectivity index (χ1) is 4.37. The van der Waals surface area contributed by atoms with Gasteiger partial charge in [-0.15, -0.1) is 0 Å². The molecule has 0 aliphatic carbocycles. The summed E-state index contributed by atoms with van der Waals surface area (Å²) in [7, 11) is 0.837. The van der Waals surface area contributed by atoms with Gasteiger partial charge < -0.3 is 4.43 Å². The van der Waals surface area contributed by atoms with Crippen LogP contribution in [0, 0.1) is 5.41 Å². The second kappa shape index (κ2) is 3.05. The van der Waals surface area contributed by atoms with Crippen molar-refractivity contribution in [2.75, 3.05) is 0 Å². The van der Waals surface area contributed by atoms with Crippen LogP contribution in [0.5, 0.6) is 0 Å². The Bertz CT molecular complexity index is 100. The Morgan fingerprint density at radius 1 is 1.20 bits per heavy atom. The highest BCUT2D eigenvalue weighted by atomic mass is 28.2. The Labute approximate surface area is 67.7 Å². The minimum atomic E-state index is 0.0826. The molecule has 0 radical (unpaired) electrons. The lowest BCUT2D eigenvalue weighted by Crippen LogP contribution is -2.41. The van der Waals surface area contributed by atoms with Gasteiger partial charge in [0.1, 0.15) is 10.5 Å². The van der Waals surface area contributed by atoms with E-state index in [0.29, 0.717) is 0 Å². The maximum Gasteiger partial charge on any atom is 0.146 e.